The lowest BCUT2D eigenvalue weighted by atomic mass is 9.87. The Morgan fingerprint density at radius 3 is 2.68 bits per heavy atom. The lowest BCUT2D eigenvalue weighted by Crippen LogP contribution is -2.22. The average Bonchev–Trinajstić information content (AvgIpc) is 3.39. The summed E-state index contributed by atoms with van der Waals surface area (Å²) in [4.78, 5) is 3.97. The van der Waals surface area contributed by atoms with Gasteiger partial charge in [0.15, 0.2) is 0 Å². The van der Waals surface area contributed by atoms with Crippen LogP contribution in [0.3, 0.4) is 0 Å². The normalized spacial score (nSPS) is 21.5. The molecule has 0 spiro atoms. The maximum atomic E-state index is 14.4. The van der Waals surface area contributed by atoms with E-state index in [0.717, 1.165) is 24.3 Å². The van der Waals surface area contributed by atoms with E-state index in [1.54, 1.807) is 23.1 Å². The zero-order valence-electron chi connectivity index (χ0n) is 16.9. The van der Waals surface area contributed by atoms with Crippen molar-refractivity contribution in [2.24, 2.45) is 0 Å². The van der Waals surface area contributed by atoms with Crippen LogP contribution in [0.1, 0.15) is 35.1 Å². The third-order valence-electron chi connectivity index (χ3n) is 5.56. The molecule has 0 saturated carbocycles. The molecule has 1 aliphatic rings. The number of ether oxygens (including phenoxy) is 1. The third kappa shape index (κ3) is 4.36. The van der Waals surface area contributed by atoms with Crippen LogP contribution < -0.4 is 0 Å². The van der Waals surface area contributed by atoms with Gasteiger partial charge in [0, 0.05) is 17.5 Å². The van der Waals surface area contributed by atoms with Crippen LogP contribution in [-0.2, 0) is 25.6 Å². The van der Waals surface area contributed by atoms with E-state index in [1.165, 1.54) is 24.5 Å². The summed E-state index contributed by atoms with van der Waals surface area (Å²) in [6.07, 6.45) is 2.28. The monoisotopic (exact) mass is 449 g/mol. The van der Waals surface area contributed by atoms with Gasteiger partial charge in [-0.15, -0.1) is 0 Å². The Morgan fingerprint density at radius 1 is 1.19 bits per heavy atom. The number of aromatic nitrogens is 3. The quantitative estimate of drug-likeness (QED) is 0.536. The first kappa shape index (κ1) is 21.5. The fourth-order valence-electron chi connectivity index (χ4n) is 3.99. The van der Waals surface area contributed by atoms with E-state index in [-0.39, 0.29) is 16.4 Å². The van der Waals surface area contributed by atoms with Gasteiger partial charge in [-0.25, -0.2) is 13.8 Å². The van der Waals surface area contributed by atoms with Gasteiger partial charge in [0.1, 0.15) is 24.3 Å². The summed E-state index contributed by atoms with van der Waals surface area (Å²) in [7, 11) is -2.78. The van der Waals surface area contributed by atoms with E-state index in [0.29, 0.717) is 13.0 Å². The van der Waals surface area contributed by atoms with Crippen LogP contribution in [0, 0.1) is 18.6 Å². The highest BCUT2D eigenvalue weighted by molar-refractivity contribution is 7.86. The molecule has 1 saturated heterocycles. The largest absolute Gasteiger partial charge is 0.368 e. The van der Waals surface area contributed by atoms with E-state index in [1.807, 2.05) is 6.92 Å². The van der Waals surface area contributed by atoms with Crippen molar-refractivity contribution in [1.29, 1.82) is 0 Å². The topological polar surface area (TPSA) is 83.3 Å². The van der Waals surface area contributed by atoms with Crippen LogP contribution in [0.2, 0.25) is 0 Å². The molecule has 3 atom stereocenters. The average molecular weight is 449 g/mol. The van der Waals surface area contributed by atoms with Gasteiger partial charge in [0.2, 0.25) is 0 Å². The molecule has 10 heteroatoms. The first-order chi connectivity index (χ1) is 14.8. The number of hydrogen-bond donors (Lipinski definition) is 0. The van der Waals surface area contributed by atoms with Crippen molar-refractivity contribution in [3.8, 4) is 0 Å². The summed E-state index contributed by atoms with van der Waals surface area (Å²) >= 11 is 0. The van der Waals surface area contributed by atoms with Crippen LogP contribution in [0.5, 0.6) is 0 Å². The molecule has 1 aliphatic heterocycles. The Morgan fingerprint density at radius 2 is 2.00 bits per heavy atom. The fourth-order valence-corrected chi connectivity index (χ4v) is 4.68. The Hall–Kier alpha value is -2.69. The molecule has 1 aromatic heterocycles. The van der Waals surface area contributed by atoms with Crippen LogP contribution in [0.25, 0.3) is 0 Å². The maximum absolute atomic E-state index is 14.4. The van der Waals surface area contributed by atoms with E-state index in [9.17, 15) is 17.2 Å². The summed E-state index contributed by atoms with van der Waals surface area (Å²) in [5.41, 5.74) is 1.88. The Balaban J connectivity index is 1.73. The minimum Gasteiger partial charge on any atom is -0.368 e. The highest BCUT2D eigenvalue weighted by Crippen LogP contribution is 2.45. The molecule has 4 rings (SSSR count). The van der Waals surface area contributed by atoms with Crippen LogP contribution >= 0.6 is 0 Å². The molecule has 3 aromatic rings. The molecule has 1 fully saturated rings. The van der Waals surface area contributed by atoms with Gasteiger partial charge in [-0.2, -0.15) is 13.5 Å². The molecule has 0 bridgehead atoms. The summed E-state index contributed by atoms with van der Waals surface area (Å²) in [5, 5.41) is 4.11. The smallest absolute Gasteiger partial charge is 0.296 e. The van der Waals surface area contributed by atoms with Crippen LogP contribution in [0.4, 0.5) is 8.78 Å². The summed E-state index contributed by atoms with van der Waals surface area (Å²) in [5.74, 6) is -1.61. The molecular weight excluding hydrogens is 428 g/mol. The van der Waals surface area contributed by atoms with Crippen molar-refractivity contribution in [1.82, 2.24) is 14.8 Å². The number of aryl methyl sites for hydroxylation is 1. The SMILES string of the molecule is COS(=O)(=O)c1ccc(C)c(C2CC(c3ccc(F)cc3F)OC2Cn2cncn2)c1. The van der Waals surface area contributed by atoms with Crippen molar-refractivity contribution in [3.63, 3.8) is 0 Å². The molecule has 7 nitrogen and oxygen atoms in total. The number of halogens is 2. The Labute approximate surface area is 178 Å². The van der Waals surface area contributed by atoms with Gasteiger partial charge in [0.05, 0.1) is 30.8 Å². The van der Waals surface area contributed by atoms with Gasteiger partial charge in [0.25, 0.3) is 10.1 Å². The van der Waals surface area contributed by atoms with Gasteiger partial charge >= 0.3 is 0 Å². The predicted molar refractivity (Wildman–Crippen MR) is 107 cm³/mol. The number of nitrogens with zero attached hydrogens (tertiary/aromatic N) is 3. The van der Waals surface area contributed by atoms with Crippen LogP contribution in [0.15, 0.2) is 53.9 Å². The van der Waals surface area contributed by atoms with Gasteiger partial charge in [-0.1, -0.05) is 12.1 Å². The Bertz CT molecular complexity index is 1190. The second kappa shape index (κ2) is 8.45. The van der Waals surface area contributed by atoms with Crippen molar-refractivity contribution in [2.75, 3.05) is 7.11 Å². The van der Waals surface area contributed by atoms with Crippen molar-refractivity contribution in [2.45, 2.75) is 42.9 Å². The zero-order chi connectivity index (χ0) is 22.2. The lowest BCUT2D eigenvalue weighted by Gasteiger charge is -2.21. The molecule has 0 aliphatic carbocycles. The molecule has 0 amide bonds. The van der Waals surface area contributed by atoms with Crippen molar-refractivity contribution >= 4 is 10.1 Å². The van der Waals surface area contributed by atoms with Gasteiger partial charge in [-0.3, -0.25) is 8.86 Å². The van der Waals surface area contributed by atoms with Crippen molar-refractivity contribution in [3.05, 3.63) is 77.4 Å². The first-order valence-electron chi connectivity index (χ1n) is 9.62. The van der Waals surface area contributed by atoms with E-state index >= 15 is 0 Å². The van der Waals surface area contributed by atoms with Gasteiger partial charge in [-0.05, 0) is 42.7 Å². The number of rotatable bonds is 6. The molecule has 164 valence electrons. The van der Waals surface area contributed by atoms with Crippen molar-refractivity contribution < 1.29 is 26.1 Å². The number of benzene rings is 2. The van der Waals surface area contributed by atoms with E-state index in [2.05, 4.69) is 14.3 Å². The zero-order valence-corrected chi connectivity index (χ0v) is 17.7. The molecular formula is C21H21F2N3O4S. The molecule has 2 heterocycles. The number of hydrogen-bond acceptors (Lipinski definition) is 6. The minimum absolute atomic E-state index is 0.0338. The standard InChI is InChI=1S/C21H21F2N3O4S/c1-13-3-5-15(31(27,28)29-2)8-17(13)18-9-20(16-6-4-14(22)7-19(16)23)30-21(18)10-26-12-24-11-25-26/h3-8,11-12,18,20-21H,9-10H2,1-2H3. The van der Waals surface area contributed by atoms with E-state index in [4.69, 9.17) is 4.74 Å². The molecule has 0 N–H and O–H groups in total. The van der Waals surface area contributed by atoms with Crippen LogP contribution in [-0.4, -0.2) is 36.4 Å². The summed E-state index contributed by atoms with van der Waals surface area (Å²) in [6, 6.07) is 8.16. The Kier molecular flexibility index (Phi) is 5.87. The molecule has 0 radical (unpaired) electrons. The first-order valence-corrected chi connectivity index (χ1v) is 11.0. The summed E-state index contributed by atoms with van der Waals surface area (Å²) in [6.45, 7) is 2.21. The predicted octanol–water partition coefficient (Wildman–Crippen LogP) is 3.51. The molecule has 3 unspecified atom stereocenters. The third-order valence-corrected chi connectivity index (χ3v) is 6.83. The molecule has 31 heavy (non-hydrogen) atoms. The second-order valence-corrected chi connectivity index (χ2v) is 9.14. The van der Waals surface area contributed by atoms with E-state index < -0.39 is 34.0 Å². The highest BCUT2D eigenvalue weighted by atomic mass is 32.2. The summed E-state index contributed by atoms with van der Waals surface area (Å²) < 4.78 is 64.7. The lowest BCUT2D eigenvalue weighted by molar-refractivity contribution is 0.0270. The maximum Gasteiger partial charge on any atom is 0.296 e. The molecule has 2 aromatic carbocycles. The fraction of sp³-hybridized carbons (Fsp3) is 0.333. The minimum atomic E-state index is -3.88. The van der Waals surface area contributed by atoms with Gasteiger partial charge < -0.3 is 4.74 Å². The second-order valence-electron chi connectivity index (χ2n) is 7.43. The highest BCUT2D eigenvalue weighted by Gasteiger charge is 2.39.